The lowest BCUT2D eigenvalue weighted by Gasteiger charge is -1.85. The van der Waals surface area contributed by atoms with Gasteiger partial charge in [0, 0.05) is 11.8 Å². The minimum atomic E-state index is 0.00903. The maximum Gasteiger partial charge on any atom is 0.202 e. The van der Waals surface area contributed by atoms with Crippen LogP contribution in [-0.2, 0) is 0 Å². The molecular weight excluding hydrogens is 148 g/mol. The summed E-state index contributed by atoms with van der Waals surface area (Å²) in [5.41, 5.74) is 7.47. The fourth-order valence-corrected chi connectivity index (χ4v) is 1.14. The lowest BCUT2D eigenvalue weighted by molar-refractivity contribution is 0.0984. The van der Waals surface area contributed by atoms with Crippen molar-refractivity contribution in [1.82, 2.24) is 10.7 Å². The van der Waals surface area contributed by atoms with Crippen LogP contribution in [0, 0.1) is 0 Å². The number of hydrogen-bond acceptors (Lipinski definition) is 3. The van der Waals surface area contributed by atoms with Crippen LogP contribution in [-0.4, -0.2) is 10.8 Å². The Morgan fingerprint density at radius 1 is 1.90 bits per heavy atom. The van der Waals surface area contributed by atoms with Crippen LogP contribution < -0.4 is 5.73 Å². The Labute approximate surface area is 62.9 Å². The van der Waals surface area contributed by atoms with Gasteiger partial charge < -0.3 is 0 Å². The van der Waals surface area contributed by atoms with Gasteiger partial charge in [-0.15, -0.1) is 11.3 Å². The molecule has 0 aliphatic heterocycles. The summed E-state index contributed by atoms with van der Waals surface area (Å²) in [5, 5.41) is 1.82. The highest BCUT2D eigenvalue weighted by molar-refractivity contribution is 7.13. The molecule has 0 aromatic carbocycles. The molecule has 0 spiro atoms. The zero-order valence-corrected chi connectivity index (χ0v) is 6.36. The first-order chi connectivity index (χ1) is 4.74. The van der Waals surface area contributed by atoms with Crippen molar-refractivity contribution in [2.45, 2.75) is 13.3 Å². The molecule has 0 saturated carbocycles. The third-order valence-corrected chi connectivity index (χ3v) is 1.77. The van der Waals surface area contributed by atoms with Gasteiger partial charge in [-0.25, -0.2) is 4.98 Å². The van der Waals surface area contributed by atoms with Crippen molar-refractivity contribution in [2.24, 2.45) is 0 Å². The van der Waals surface area contributed by atoms with E-state index in [4.69, 9.17) is 5.73 Å². The maximum atomic E-state index is 10.9. The second-order valence-electron chi connectivity index (χ2n) is 1.81. The van der Waals surface area contributed by atoms with Crippen molar-refractivity contribution in [3.63, 3.8) is 0 Å². The van der Waals surface area contributed by atoms with Crippen LogP contribution in [0.1, 0.15) is 23.8 Å². The highest BCUT2D eigenvalue weighted by atomic mass is 32.1. The Morgan fingerprint density at radius 3 is 3.00 bits per heavy atom. The largest absolute Gasteiger partial charge is 0.292 e. The van der Waals surface area contributed by atoms with Gasteiger partial charge in [0.1, 0.15) is 5.69 Å². The number of ketones is 1. The molecule has 4 heteroatoms. The number of nitrogens with one attached hydrogen (secondary N) is 1. The Kier molecular flexibility index (Phi) is 2.01. The van der Waals surface area contributed by atoms with E-state index in [1.165, 1.54) is 11.3 Å². The molecular formula is C6H7N2OS. The molecule has 0 aliphatic carbocycles. The van der Waals surface area contributed by atoms with E-state index in [2.05, 4.69) is 4.98 Å². The van der Waals surface area contributed by atoms with Gasteiger partial charge in [-0.2, -0.15) is 0 Å². The molecule has 0 atom stereocenters. The Morgan fingerprint density at radius 2 is 2.60 bits per heavy atom. The van der Waals surface area contributed by atoms with E-state index in [1.54, 1.807) is 12.3 Å². The highest BCUT2D eigenvalue weighted by Gasteiger charge is 2.05. The van der Waals surface area contributed by atoms with Crippen molar-refractivity contribution in [2.75, 3.05) is 0 Å². The van der Waals surface area contributed by atoms with Crippen LogP contribution in [0.3, 0.4) is 0 Å². The fourth-order valence-electron chi connectivity index (χ4n) is 0.583. The summed E-state index contributed by atoms with van der Waals surface area (Å²) in [6.45, 7) is 1.78. The second-order valence-corrected chi connectivity index (χ2v) is 2.67. The van der Waals surface area contributed by atoms with E-state index in [-0.39, 0.29) is 10.9 Å². The summed E-state index contributed by atoms with van der Waals surface area (Å²) in [4.78, 5) is 14.6. The molecule has 3 nitrogen and oxygen atoms in total. The maximum absolute atomic E-state index is 10.9. The molecule has 1 aromatic rings. The van der Waals surface area contributed by atoms with Gasteiger partial charge in [-0.1, -0.05) is 6.92 Å². The predicted molar refractivity (Wildman–Crippen MR) is 39.5 cm³/mol. The van der Waals surface area contributed by atoms with Crippen molar-refractivity contribution in [1.29, 1.82) is 0 Å². The Bertz CT molecular complexity index is 244. The second kappa shape index (κ2) is 2.79. The molecule has 0 bridgehead atoms. The van der Waals surface area contributed by atoms with Crippen LogP contribution in [0.4, 0.5) is 5.13 Å². The lowest BCUT2D eigenvalue weighted by atomic mass is 10.2. The number of carbonyl (C=O) groups is 1. The number of thiazole rings is 1. The normalized spacial score (nSPS) is 9.70. The molecule has 53 valence electrons. The molecule has 0 aliphatic rings. The Hall–Kier alpha value is -0.900. The van der Waals surface area contributed by atoms with E-state index in [0.717, 1.165) is 0 Å². The summed E-state index contributed by atoms with van der Waals surface area (Å²) in [6.07, 6.45) is 0.461. The van der Waals surface area contributed by atoms with Crippen molar-refractivity contribution in [3.05, 3.63) is 11.1 Å². The number of aromatic nitrogens is 1. The summed E-state index contributed by atoms with van der Waals surface area (Å²) in [7, 11) is 0. The third kappa shape index (κ3) is 1.33. The zero-order valence-electron chi connectivity index (χ0n) is 5.55. The lowest BCUT2D eigenvalue weighted by Crippen LogP contribution is -1.95. The third-order valence-electron chi connectivity index (χ3n) is 1.11. The average molecular weight is 155 g/mol. The molecule has 0 unspecified atom stereocenters. The molecule has 10 heavy (non-hydrogen) atoms. The van der Waals surface area contributed by atoms with Gasteiger partial charge in [0.05, 0.1) is 0 Å². The van der Waals surface area contributed by atoms with Crippen LogP contribution in [0.5, 0.6) is 0 Å². The molecule has 1 aromatic heterocycles. The molecule has 1 radical (unpaired) electrons. The van der Waals surface area contributed by atoms with E-state index >= 15 is 0 Å². The number of hydrogen-bond donors (Lipinski definition) is 0. The van der Waals surface area contributed by atoms with Gasteiger partial charge >= 0.3 is 0 Å². The fraction of sp³-hybridized carbons (Fsp3) is 0.333. The first-order valence-corrected chi connectivity index (χ1v) is 3.82. The quantitative estimate of drug-likeness (QED) is 0.610. The standard InChI is InChI=1S/C6H7N2OS/c1-2-5(9)4-3-10-6(7)8-4/h3,7H,2H2,1H3. The van der Waals surface area contributed by atoms with Gasteiger partial charge in [0.25, 0.3) is 0 Å². The molecule has 1 heterocycles. The summed E-state index contributed by atoms with van der Waals surface area (Å²) in [6, 6.07) is 0. The molecule has 0 saturated heterocycles. The van der Waals surface area contributed by atoms with Gasteiger partial charge in [0.2, 0.25) is 5.13 Å². The van der Waals surface area contributed by atoms with E-state index < -0.39 is 0 Å². The van der Waals surface area contributed by atoms with Crippen molar-refractivity contribution in [3.8, 4) is 0 Å². The van der Waals surface area contributed by atoms with Crippen LogP contribution in [0.2, 0.25) is 0 Å². The van der Waals surface area contributed by atoms with Crippen molar-refractivity contribution >= 4 is 22.3 Å². The SMILES string of the molecule is CCC(=O)c1csc([NH])n1. The Balaban J connectivity index is 2.85. The summed E-state index contributed by atoms with van der Waals surface area (Å²) < 4.78 is 0. The summed E-state index contributed by atoms with van der Waals surface area (Å²) in [5.74, 6) is 0.00903. The number of rotatable bonds is 2. The minimum Gasteiger partial charge on any atom is -0.292 e. The van der Waals surface area contributed by atoms with Crippen LogP contribution in [0.25, 0.3) is 0 Å². The van der Waals surface area contributed by atoms with Crippen LogP contribution >= 0.6 is 11.3 Å². The van der Waals surface area contributed by atoms with E-state index in [0.29, 0.717) is 12.1 Å². The highest BCUT2D eigenvalue weighted by Crippen LogP contribution is 2.13. The average Bonchev–Trinajstić information content (AvgIpc) is 2.34. The van der Waals surface area contributed by atoms with Crippen molar-refractivity contribution < 1.29 is 4.79 Å². The topological polar surface area (TPSA) is 53.8 Å². The number of carbonyl (C=O) groups excluding carboxylic acids is 1. The smallest absolute Gasteiger partial charge is 0.202 e. The predicted octanol–water partition coefficient (Wildman–Crippen LogP) is 1.65. The number of nitrogens with zero attached hydrogens (tertiary/aromatic N) is 1. The first kappa shape index (κ1) is 7.21. The first-order valence-electron chi connectivity index (χ1n) is 2.94. The molecule has 0 fully saturated rings. The van der Waals surface area contributed by atoms with E-state index in [9.17, 15) is 4.79 Å². The van der Waals surface area contributed by atoms with Gasteiger partial charge in [-0.3, -0.25) is 10.5 Å². The summed E-state index contributed by atoms with van der Waals surface area (Å²) >= 11 is 1.18. The zero-order chi connectivity index (χ0) is 7.56. The monoisotopic (exact) mass is 155 g/mol. The molecule has 1 N–H and O–H groups in total. The van der Waals surface area contributed by atoms with Crippen LogP contribution in [0.15, 0.2) is 5.38 Å². The molecule has 1 rings (SSSR count). The van der Waals surface area contributed by atoms with Gasteiger partial charge in [-0.05, 0) is 0 Å². The van der Waals surface area contributed by atoms with Gasteiger partial charge in [0.15, 0.2) is 5.78 Å². The number of Topliss-reactive ketones (excluding diaryl/α,β-unsaturated/α-hetero) is 1. The molecule has 0 amide bonds. The van der Waals surface area contributed by atoms with E-state index in [1.807, 2.05) is 0 Å². The minimum absolute atomic E-state index is 0.00903.